The Labute approximate surface area is 108 Å². The van der Waals surface area contributed by atoms with E-state index in [4.69, 9.17) is 5.73 Å². The van der Waals surface area contributed by atoms with Crippen LogP contribution in [0.3, 0.4) is 0 Å². The Kier molecular flexibility index (Phi) is 4.54. The van der Waals surface area contributed by atoms with Crippen molar-refractivity contribution in [1.29, 1.82) is 0 Å². The molecule has 1 aliphatic rings. The van der Waals surface area contributed by atoms with Gasteiger partial charge in [-0.15, -0.1) is 11.3 Å². The number of nitrogens with zero attached hydrogens (tertiary/aromatic N) is 2. The molecule has 0 aliphatic heterocycles. The van der Waals surface area contributed by atoms with Crippen molar-refractivity contribution in [3.05, 3.63) is 16.6 Å². The van der Waals surface area contributed by atoms with Gasteiger partial charge in [-0.05, 0) is 31.8 Å². The Bertz CT molecular complexity index is 317. The lowest BCUT2D eigenvalue weighted by Gasteiger charge is -2.39. The molecule has 4 heteroatoms. The zero-order valence-electron chi connectivity index (χ0n) is 10.7. The average molecular weight is 253 g/mol. The molecule has 0 amide bonds. The van der Waals surface area contributed by atoms with Crippen LogP contribution in [-0.4, -0.2) is 30.0 Å². The molecule has 0 atom stereocenters. The first-order chi connectivity index (χ1) is 8.24. The second-order valence-corrected chi connectivity index (χ2v) is 6.14. The molecule has 0 radical (unpaired) electrons. The molecule has 0 spiro atoms. The van der Waals surface area contributed by atoms with Crippen LogP contribution >= 0.6 is 11.3 Å². The minimum Gasteiger partial charge on any atom is -0.330 e. The molecule has 0 aromatic carbocycles. The molecule has 3 nitrogen and oxygen atoms in total. The van der Waals surface area contributed by atoms with Gasteiger partial charge in [0.1, 0.15) is 0 Å². The fraction of sp³-hybridized carbons (Fsp3) is 0.769. The van der Waals surface area contributed by atoms with E-state index in [9.17, 15) is 0 Å². The van der Waals surface area contributed by atoms with Crippen molar-refractivity contribution in [2.24, 2.45) is 11.1 Å². The summed E-state index contributed by atoms with van der Waals surface area (Å²) in [5.41, 5.74) is 9.47. The van der Waals surface area contributed by atoms with E-state index in [1.54, 1.807) is 11.3 Å². The molecule has 17 heavy (non-hydrogen) atoms. The van der Waals surface area contributed by atoms with E-state index in [-0.39, 0.29) is 0 Å². The molecule has 2 N–H and O–H groups in total. The van der Waals surface area contributed by atoms with Crippen molar-refractivity contribution >= 4 is 11.3 Å². The molecule has 1 saturated carbocycles. The van der Waals surface area contributed by atoms with Crippen LogP contribution in [0.15, 0.2) is 10.9 Å². The summed E-state index contributed by atoms with van der Waals surface area (Å²) in [6, 6.07) is 0. The van der Waals surface area contributed by atoms with Crippen molar-refractivity contribution in [1.82, 2.24) is 9.88 Å². The van der Waals surface area contributed by atoms with Gasteiger partial charge in [0.25, 0.3) is 0 Å². The number of rotatable bonds is 5. The number of hydrogen-bond donors (Lipinski definition) is 1. The quantitative estimate of drug-likeness (QED) is 0.876. The molecule has 96 valence electrons. The fourth-order valence-electron chi connectivity index (χ4n) is 2.95. The smallest absolute Gasteiger partial charge is 0.0795 e. The summed E-state index contributed by atoms with van der Waals surface area (Å²) in [5, 5.41) is 2.13. The molecule has 2 rings (SSSR count). The van der Waals surface area contributed by atoms with E-state index < -0.39 is 0 Å². The van der Waals surface area contributed by atoms with Gasteiger partial charge in [-0.3, -0.25) is 4.90 Å². The van der Waals surface area contributed by atoms with Crippen LogP contribution in [0, 0.1) is 5.41 Å². The highest BCUT2D eigenvalue weighted by molar-refractivity contribution is 7.07. The molecular formula is C13H23N3S. The van der Waals surface area contributed by atoms with Gasteiger partial charge in [0.2, 0.25) is 0 Å². The first-order valence-corrected chi connectivity index (χ1v) is 7.44. The Hall–Kier alpha value is -0.450. The van der Waals surface area contributed by atoms with Gasteiger partial charge in [0.15, 0.2) is 0 Å². The van der Waals surface area contributed by atoms with Crippen LogP contribution in [0.5, 0.6) is 0 Å². The van der Waals surface area contributed by atoms with Gasteiger partial charge in [-0.25, -0.2) is 4.98 Å². The normalized spacial score (nSPS) is 19.7. The first-order valence-electron chi connectivity index (χ1n) is 6.50. The lowest BCUT2D eigenvalue weighted by molar-refractivity contribution is 0.123. The van der Waals surface area contributed by atoms with E-state index in [0.717, 1.165) is 19.6 Å². The minimum absolute atomic E-state index is 0.364. The standard InChI is InChI=1S/C13H23N3S/c1-16(7-12-8-17-11-15-12)10-13(9-14)5-3-2-4-6-13/h8,11H,2-7,9-10,14H2,1H3. The third-order valence-electron chi connectivity index (χ3n) is 3.87. The second kappa shape index (κ2) is 5.94. The van der Waals surface area contributed by atoms with Crippen LogP contribution in [0.25, 0.3) is 0 Å². The minimum atomic E-state index is 0.364. The van der Waals surface area contributed by atoms with Gasteiger partial charge in [-0.2, -0.15) is 0 Å². The Morgan fingerprint density at radius 2 is 2.18 bits per heavy atom. The molecule has 1 aliphatic carbocycles. The van der Waals surface area contributed by atoms with Crippen LogP contribution < -0.4 is 5.73 Å². The largest absolute Gasteiger partial charge is 0.330 e. The summed E-state index contributed by atoms with van der Waals surface area (Å²) in [4.78, 5) is 6.73. The van der Waals surface area contributed by atoms with E-state index >= 15 is 0 Å². The zero-order valence-corrected chi connectivity index (χ0v) is 11.5. The van der Waals surface area contributed by atoms with Crippen LogP contribution in [0.2, 0.25) is 0 Å². The number of thiazole rings is 1. The van der Waals surface area contributed by atoms with Crippen molar-refractivity contribution in [2.75, 3.05) is 20.1 Å². The Balaban J connectivity index is 1.89. The topological polar surface area (TPSA) is 42.2 Å². The lowest BCUT2D eigenvalue weighted by atomic mass is 9.74. The average Bonchev–Trinajstić information content (AvgIpc) is 2.83. The maximum atomic E-state index is 6.02. The molecular weight excluding hydrogens is 230 g/mol. The summed E-state index contributed by atoms with van der Waals surface area (Å²) in [6.07, 6.45) is 6.68. The van der Waals surface area contributed by atoms with Gasteiger partial charge in [0.05, 0.1) is 11.2 Å². The van der Waals surface area contributed by atoms with E-state index in [1.807, 2.05) is 5.51 Å². The fourth-order valence-corrected chi connectivity index (χ4v) is 3.50. The summed E-state index contributed by atoms with van der Waals surface area (Å²) in [5.74, 6) is 0. The Morgan fingerprint density at radius 3 is 2.76 bits per heavy atom. The van der Waals surface area contributed by atoms with Crippen molar-refractivity contribution in [3.63, 3.8) is 0 Å². The molecule has 1 heterocycles. The van der Waals surface area contributed by atoms with Crippen LogP contribution in [-0.2, 0) is 6.54 Å². The first kappa shape index (κ1) is 13.0. The number of aromatic nitrogens is 1. The predicted molar refractivity (Wildman–Crippen MR) is 73.0 cm³/mol. The van der Waals surface area contributed by atoms with Crippen LogP contribution in [0.1, 0.15) is 37.8 Å². The monoisotopic (exact) mass is 253 g/mol. The van der Waals surface area contributed by atoms with Gasteiger partial charge >= 0.3 is 0 Å². The molecule has 1 aromatic heterocycles. The third kappa shape index (κ3) is 3.50. The lowest BCUT2D eigenvalue weighted by Crippen LogP contribution is -2.42. The summed E-state index contributed by atoms with van der Waals surface area (Å²) < 4.78 is 0. The van der Waals surface area contributed by atoms with Gasteiger partial charge < -0.3 is 5.73 Å². The highest BCUT2D eigenvalue weighted by Crippen LogP contribution is 2.36. The van der Waals surface area contributed by atoms with Gasteiger partial charge in [0, 0.05) is 18.5 Å². The third-order valence-corrected chi connectivity index (χ3v) is 4.50. The number of hydrogen-bond acceptors (Lipinski definition) is 4. The molecule has 0 unspecified atom stereocenters. The molecule has 1 fully saturated rings. The maximum Gasteiger partial charge on any atom is 0.0795 e. The van der Waals surface area contributed by atoms with Crippen molar-refractivity contribution < 1.29 is 0 Å². The predicted octanol–water partition coefficient (Wildman–Crippen LogP) is 2.48. The van der Waals surface area contributed by atoms with E-state index in [1.165, 1.54) is 37.8 Å². The number of nitrogens with two attached hydrogens (primary N) is 1. The van der Waals surface area contributed by atoms with Gasteiger partial charge in [-0.1, -0.05) is 19.3 Å². The second-order valence-electron chi connectivity index (χ2n) is 5.42. The summed E-state index contributed by atoms with van der Waals surface area (Å²) in [6.45, 7) is 2.89. The highest BCUT2D eigenvalue weighted by atomic mass is 32.1. The highest BCUT2D eigenvalue weighted by Gasteiger charge is 2.31. The van der Waals surface area contributed by atoms with Crippen LogP contribution in [0.4, 0.5) is 0 Å². The van der Waals surface area contributed by atoms with Crippen molar-refractivity contribution in [3.8, 4) is 0 Å². The zero-order chi connectivity index (χ0) is 12.1. The molecule has 1 aromatic rings. The maximum absolute atomic E-state index is 6.02. The summed E-state index contributed by atoms with van der Waals surface area (Å²) in [7, 11) is 2.19. The SMILES string of the molecule is CN(Cc1cscn1)CC1(CN)CCCCC1. The Morgan fingerprint density at radius 1 is 1.41 bits per heavy atom. The van der Waals surface area contributed by atoms with E-state index in [0.29, 0.717) is 5.41 Å². The van der Waals surface area contributed by atoms with Crippen molar-refractivity contribution in [2.45, 2.75) is 38.6 Å². The van der Waals surface area contributed by atoms with E-state index in [2.05, 4.69) is 22.3 Å². The summed E-state index contributed by atoms with van der Waals surface area (Å²) >= 11 is 1.67. The molecule has 0 saturated heterocycles. The molecule has 0 bridgehead atoms.